The first-order valence-electron chi connectivity index (χ1n) is 9.55. The van der Waals surface area contributed by atoms with E-state index in [1.54, 1.807) is 36.7 Å². The van der Waals surface area contributed by atoms with E-state index in [9.17, 15) is 27.2 Å². The number of aromatic nitrogens is 3. The minimum absolute atomic E-state index is 0.313. The van der Waals surface area contributed by atoms with Gasteiger partial charge in [0.25, 0.3) is 0 Å². The summed E-state index contributed by atoms with van der Waals surface area (Å²) in [6.07, 6.45) is -2.15. The maximum absolute atomic E-state index is 13.5. The average molecular weight is 457 g/mol. The second-order valence-corrected chi connectivity index (χ2v) is 7.07. The molecule has 0 aliphatic carbocycles. The van der Waals surface area contributed by atoms with Crippen LogP contribution in [0, 0.1) is 5.82 Å². The van der Waals surface area contributed by atoms with Crippen LogP contribution in [0.25, 0.3) is 22.2 Å². The van der Waals surface area contributed by atoms with Crippen LogP contribution < -0.4 is 10.6 Å². The highest BCUT2D eigenvalue weighted by atomic mass is 19.4. The molecule has 33 heavy (non-hydrogen) atoms. The van der Waals surface area contributed by atoms with E-state index in [0.29, 0.717) is 29.0 Å². The average Bonchev–Trinajstić information content (AvgIpc) is 3.16. The Balaban J connectivity index is 1.42. The molecule has 7 nitrogen and oxygen atoms in total. The Labute approximate surface area is 183 Å². The van der Waals surface area contributed by atoms with Crippen LogP contribution in [0.15, 0.2) is 60.9 Å². The molecule has 0 atom stereocenters. The first kappa shape index (κ1) is 21.9. The van der Waals surface area contributed by atoms with Crippen LogP contribution in [0.3, 0.4) is 0 Å². The van der Waals surface area contributed by atoms with E-state index in [-0.39, 0.29) is 0 Å². The maximum Gasteiger partial charge on any atom is 0.416 e. The molecule has 0 aliphatic rings. The number of aromatic amines is 1. The molecule has 0 aliphatic heterocycles. The van der Waals surface area contributed by atoms with Gasteiger partial charge in [-0.1, -0.05) is 0 Å². The first-order valence-corrected chi connectivity index (χ1v) is 9.55. The molecule has 2 amide bonds. The molecule has 2 aromatic carbocycles. The summed E-state index contributed by atoms with van der Waals surface area (Å²) in [7, 11) is 0. The van der Waals surface area contributed by atoms with Crippen molar-refractivity contribution >= 4 is 34.1 Å². The highest BCUT2D eigenvalue weighted by Crippen LogP contribution is 2.32. The second kappa shape index (κ2) is 8.69. The van der Waals surface area contributed by atoms with Crippen LogP contribution in [0.5, 0.6) is 0 Å². The second-order valence-electron chi connectivity index (χ2n) is 7.07. The summed E-state index contributed by atoms with van der Waals surface area (Å²) >= 11 is 0. The van der Waals surface area contributed by atoms with Crippen molar-refractivity contribution in [1.29, 1.82) is 0 Å². The van der Waals surface area contributed by atoms with Crippen LogP contribution >= 0.6 is 0 Å². The molecular weight excluding hydrogens is 442 g/mol. The lowest BCUT2D eigenvalue weighted by molar-refractivity contribution is -0.137. The monoisotopic (exact) mass is 457 g/mol. The van der Waals surface area contributed by atoms with E-state index in [4.69, 9.17) is 0 Å². The van der Waals surface area contributed by atoms with E-state index in [2.05, 4.69) is 25.8 Å². The van der Waals surface area contributed by atoms with Crippen molar-refractivity contribution in [2.45, 2.75) is 12.6 Å². The number of rotatable bonds is 5. The lowest BCUT2D eigenvalue weighted by Gasteiger charge is -2.11. The lowest BCUT2D eigenvalue weighted by atomic mass is 10.1. The fourth-order valence-electron chi connectivity index (χ4n) is 3.20. The molecule has 168 valence electrons. The Morgan fingerprint density at radius 2 is 1.73 bits per heavy atom. The van der Waals surface area contributed by atoms with E-state index in [1.807, 2.05) is 6.07 Å². The van der Waals surface area contributed by atoms with Gasteiger partial charge < -0.3 is 10.6 Å². The van der Waals surface area contributed by atoms with Gasteiger partial charge in [0.2, 0.25) is 11.8 Å². The van der Waals surface area contributed by atoms with Crippen LogP contribution in [0.2, 0.25) is 0 Å². The van der Waals surface area contributed by atoms with Gasteiger partial charge in [0.05, 0.1) is 11.1 Å². The van der Waals surface area contributed by atoms with Crippen molar-refractivity contribution in [2.24, 2.45) is 0 Å². The molecule has 0 saturated heterocycles. The third-order valence-electron chi connectivity index (χ3n) is 4.61. The number of carbonyl (C=O) groups is 2. The summed E-state index contributed by atoms with van der Waals surface area (Å²) < 4.78 is 51.8. The number of anilines is 2. The minimum atomic E-state index is -4.78. The van der Waals surface area contributed by atoms with E-state index >= 15 is 0 Å². The smallest absolute Gasteiger partial charge is 0.326 e. The Hall–Kier alpha value is -4.28. The Morgan fingerprint density at radius 3 is 2.42 bits per heavy atom. The number of carbonyl (C=O) groups excluding carboxylic acids is 2. The number of benzene rings is 2. The van der Waals surface area contributed by atoms with Crippen molar-refractivity contribution in [1.82, 2.24) is 15.2 Å². The van der Waals surface area contributed by atoms with Gasteiger partial charge in [0, 0.05) is 34.7 Å². The fourth-order valence-corrected chi connectivity index (χ4v) is 3.20. The summed E-state index contributed by atoms with van der Waals surface area (Å²) in [5.74, 6) is -2.76. The van der Waals surface area contributed by atoms with Gasteiger partial charge in [0.1, 0.15) is 17.9 Å². The van der Waals surface area contributed by atoms with Gasteiger partial charge in [-0.25, -0.2) is 4.39 Å². The van der Waals surface area contributed by atoms with Crippen molar-refractivity contribution in [3.63, 3.8) is 0 Å². The van der Waals surface area contributed by atoms with Crippen molar-refractivity contribution < 1.29 is 27.2 Å². The molecule has 11 heteroatoms. The molecule has 4 aromatic rings. The summed E-state index contributed by atoms with van der Waals surface area (Å²) in [6.45, 7) is 0. The van der Waals surface area contributed by atoms with Crippen LogP contribution in [0.4, 0.5) is 28.9 Å². The molecule has 0 saturated carbocycles. The Morgan fingerprint density at radius 1 is 0.970 bits per heavy atom. The van der Waals surface area contributed by atoms with E-state index in [0.717, 1.165) is 17.0 Å². The zero-order valence-electron chi connectivity index (χ0n) is 16.7. The van der Waals surface area contributed by atoms with Crippen LogP contribution in [-0.2, 0) is 15.8 Å². The van der Waals surface area contributed by atoms with Gasteiger partial charge in [0.15, 0.2) is 0 Å². The molecule has 3 N–H and O–H groups in total. The van der Waals surface area contributed by atoms with Gasteiger partial charge in [-0.3, -0.25) is 19.7 Å². The summed E-state index contributed by atoms with van der Waals surface area (Å²) in [4.78, 5) is 28.3. The lowest BCUT2D eigenvalue weighted by Crippen LogP contribution is -2.21. The van der Waals surface area contributed by atoms with Crippen molar-refractivity contribution in [2.75, 3.05) is 10.6 Å². The van der Waals surface area contributed by atoms with Gasteiger partial charge in [-0.05, 0) is 48.5 Å². The van der Waals surface area contributed by atoms with Gasteiger partial charge in [-0.15, -0.1) is 0 Å². The molecule has 0 bridgehead atoms. The third-order valence-corrected chi connectivity index (χ3v) is 4.61. The van der Waals surface area contributed by atoms with Gasteiger partial charge >= 0.3 is 6.18 Å². The quantitative estimate of drug-likeness (QED) is 0.298. The number of fused-ring (bicyclic) bond motifs is 1. The first-order chi connectivity index (χ1) is 15.7. The topological polar surface area (TPSA) is 99.8 Å². The van der Waals surface area contributed by atoms with Crippen LogP contribution in [-0.4, -0.2) is 27.0 Å². The summed E-state index contributed by atoms with van der Waals surface area (Å²) in [5.41, 5.74) is 0.858. The zero-order valence-corrected chi connectivity index (χ0v) is 16.7. The highest BCUT2D eigenvalue weighted by Gasteiger charge is 2.31. The summed E-state index contributed by atoms with van der Waals surface area (Å²) in [6, 6.07) is 10.3. The van der Waals surface area contributed by atoms with E-state index in [1.165, 1.54) is 0 Å². The fraction of sp³-hybridized carbons (Fsp3) is 0.0909. The molecule has 2 aromatic heterocycles. The molecule has 0 fully saturated rings. The molecule has 0 unspecified atom stereocenters. The Kier molecular flexibility index (Phi) is 5.78. The summed E-state index contributed by atoms with van der Waals surface area (Å²) in [5, 5.41) is 12.6. The number of amides is 2. The maximum atomic E-state index is 13.5. The molecule has 4 rings (SSSR count). The minimum Gasteiger partial charge on any atom is -0.326 e. The number of halogens is 4. The Bertz CT molecular complexity index is 1340. The molecular formula is C22H15F4N5O2. The highest BCUT2D eigenvalue weighted by molar-refractivity contribution is 6.08. The van der Waals surface area contributed by atoms with Crippen LogP contribution in [0.1, 0.15) is 12.0 Å². The largest absolute Gasteiger partial charge is 0.416 e. The SMILES string of the molecule is O=C(CC(=O)Nc1ccc2c(-c3cccnc3)n[nH]c2c1)Nc1cc(F)cc(C(F)(F)F)c1. The van der Waals surface area contributed by atoms with E-state index < -0.39 is 41.5 Å². The predicted molar refractivity (Wildman–Crippen MR) is 113 cm³/mol. The number of hydrogen-bond acceptors (Lipinski definition) is 4. The standard InChI is InChI=1S/C22H15F4N5O2/c23-14-6-13(22(24,25)26)7-16(8-14)29-20(33)10-19(32)28-15-3-4-17-18(9-15)30-31-21(17)12-2-1-5-27-11-12/h1-9,11H,10H2,(H,28,32)(H,29,33)(H,30,31). The van der Waals surface area contributed by atoms with Gasteiger partial charge in [-0.2, -0.15) is 18.3 Å². The number of hydrogen-bond donors (Lipinski definition) is 3. The molecule has 0 spiro atoms. The number of alkyl halides is 3. The zero-order chi connectivity index (χ0) is 23.6. The molecule has 2 heterocycles. The molecule has 0 radical (unpaired) electrons. The number of nitrogens with one attached hydrogen (secondary N) is 3. The number of pyridine rings is 1. The predicted octanol–water partition coefficient (Wildman–Crippen LogP) is 4.75. The third kappa shape index (κ3) is 5.14. The number of nitrogens with zero attached hydrogens (tertiary/aromatic N) is 2. The normalized spacial score (nSPS) is 11.4. The van der Waals surface area contributed by atoms with Crippen molar-refractivity contribution in [3.05, 3.63) is 72.3 Å². The van der Waals surface area contributed by atoms with Crippen molar-refractivity contribution in [3.8, 4) is 11.3 Å². The number of H-pyrrole nitrogens is 1.